The largest absolute Gasteiger partial charge is 0.467 e. The lowest BCUT2D eigenvalue weighted by Gasteiger charge is -2.30. The first kappa shape index (κ1) is 24.6. The number of aromatic nitrogens is 4. The molecule has 1 atom stereocenters. The smallest absolute Gasteiger partial charge is 0.250 e. The predicted molar refractivity (Wildman–Crippen MR) is 125 cm³/mol. The number of furan rings is 2. The molecule has 1 N–H and O–H groups in total. The maximum atomic E-state index is 13.5. The summed E-state index contributed by atoms with van der Waals surface area (Å²) in [4.78, 5) is 29.7. The third kappa shape index (κ3) is 6.36. The molecule has 11 nitrogen and oxygen atoms in total. The summed E-state index contributed by atoms with van der Waals surface area (Å²) in [5.74, 6) is 1.31. The Morgan fingerprint density at radius 1 is 1.29 bits per heavy atom. The van der Waals surface area contributed by atoms with E-state index in [0.717, 1.165) is 31.4 Å². The second kappa shape index (κ2) is 11.8. The molecule has 3 aromatic heterocycles. The van der Waals surface area contributed by atoms with Crippen LogP contribution >= 0.6 is 0 Å². The maximum absolute atomic E-state index is 13.5. The van der Waals surface area contributed by atoms with Crippen LogP contribution in [0.3, 0.4) is 0 Å². The van der Waals surface area contributed by atoms with Crippen LogP contribution in [-0.2, 0) is 20.9 Å². The molecule has 0 saturated heterocycles. The topological polar surface area (TPSA) is 129 Å². The first-order chi connectivity index (χ1) is 17.0. The fourth-order valence-electron chi connectivity index (χ4n) is 4.28. The molecule has 2 amide bonds. The molecule has 4 rings (SSSR count). The Morgan fingerprint density at radius 2 is 2.11 bits per heavy atom. The summed E-state index contributed by atoms with van der Waals surface area (Å²) in [6.45, 7) is 4.91. The Kier molecular flexibility index (Phi) is 8.30. The van der Waals surface area contributed by atoms with E-state index >= 15 is 0 Å². The van der Waals surface area contributed by atoms with Gasteiger partial charge >= 0.3 is 0 Å². The molecule has 3 heterocycles. The summed E-state index contributed by atoms with van der Waals surface area (Å²) in [6, 6.07) is 6.18. The molecule has 188 valence electrons. The first-order valence-corrected chi connectivity index (χ1v) is 12.1. The van der Waals surface area contributed by atoms with Crippen molar-refractivity contribution in [3.63, 3.8) is 0 Å². The van der Waals surface area contributed by atoms with Gasteiger partial charge in [-0.15, -0.1) is 10.2 Å². The van der Waals surface area contributed by atoms with E-state index in [0.29, 0.717) is 37.7 Å². The molecule has 1 saturated carbocycles. The van der Waals surface area contributed by atoms with Gasteiger partial charge in [-0.1, -0.05) is 12.8 Å². The van der Waals surface area contributed by atoms with Gasteiger partial charge in [0.05, 0.1) is 6.26 Å². The van der Waals surface area contributed by atoms with Crippen LogP contribution in [-0.4, -0.2) is 62.7 Å². The molecule has 35 heavy (non-hydrogen) atoms. The first-order valence-electron chi connectivity index (χ1n) is 12.1. The summed E-state index contributed by atoms with van der Waals surface area (Å²) in [5, 5.41) is 15.4. The molecule has 0 unspecified atom stereocenters. The lowest BCUT2D eigenvalue weighted by Crippen LogP contribution is -2.47. The second-order valence-corrected chi connectivity index (χ2v) is 8.60. The monoisotopic (exact) mass is 484 g/mol. The maximum Gasteiger partial charge on any atom is 0.250 e. The number of carbonyl (C=O) groups is 2. The van der Waals surface area contributed by atoms with Crippen molar-refractivity contribution in [3.8, 4) is 11.6 Å². The number of nitrogens with one attached hydrogen (secondary N) is 1. The zero-order chi connectivity index (χ0) is 24.6. The van der Waals surface area contributed by atoms with Gasteiger partial charge < -0.3 is 23.8 Å². The summed E-state index contributed by atoms with van der Waals surface area (Å²) in [6.07, 6.45) is 6.12. The van der Waals surface area contributed by atoms with Crippen LogP contribution in [0.15, 0.2) is 39.4 Å². The van der Waals surface area contributed by atoms with Crippen molar-refractivity contribution in [1.29, 1.82) is 0 Å². The van der Waals surface area contributed by atoms with Gasteiger partial charge in [0.15, 0.2) is 11.8 Å². The lowest BCUT2D eigenvalue weighted by atomic mass is 10.1. The molecule has 0 spiro atoms. The number of ether oxygens (including phenoxy) is 1. The van der Waals surface area contributed by atoms with Gasteiger partial charge in [-0.3, -0.25) is 9.59 Å². The lowest BCUT2D eigenvalue weighted by molar-refractivity contribution is -0.143. The van der Waals surface area contributed by atoms with Crippen LogP contribution in [0.1, 0.15) is 56.6 Å². The van der Waals surface area contributed by atoms with E-state index in [-0.39, 0.29) is 30.2 Å². The second-order valence-electron chi connectivity index (χ2n) is 8.60. The molecule has 1 aliphatic carbocycles. The van der Waals surface area contributed by atoms with Gasteiger partial charge in [0, 0.05) is 25.8 Å². The van der Waals surface area contributed by atoms with Crippen molar-refractivity contribution in [1.82, 2.24) is 30.4 Å². The average Bonchev–Trinajstić information content (AvgIpc) is 3.64. The Bertz CT molecular complexity index is 1090. The molecule has 1 fully saturated rings. The summed E-state index contributed by atoms with van der Waals surface area (Å²) < 4.78 is 16.6. The summed E-state index contributed by atoms with van der Waals surface area (Å²) in [7, 11) is 0. The molecule has 3 aromatic rings. The van der Waals surface area contributed by atoms with Crippen LogP contribution in [0.4, 0.5) is 0 Å². The molecular formula is C24H32N6O5. The van der Waals surface area contributed by atoms with Gasteiger partial charge in [-0.2, -0.15) is 4.80 Å². The van der Waals surface area contributed by atoms with E-state index in [1.165, 1.54) is 16.0 Å². The summed E-state index contributed by atoms with van der Waals surface area (Å²) in [5.41, 5.74) is 0. The van der Waals surface area contributed by atoms with E-state index in [4.69, 9.17) is 13.6 Å². The van der Waals surface area contributed by atoms with Crippen LogP contribution in [0.25, 0.3) is 11.6 Å². The van der Waals surface area contributed by atoms with E-state index in [9.17, 15) is 9.59 Å². The van der Waals surface area contributed by atoms with Gasteiger partial charge in [0.25, 0.3) is 5.91 Å². The minimum absolute atomic E-state index is 0.108. The third-order valence-electron chi connectivity index (χ3n) is 5.98. The molecule has 0 aromatic carbocycles. The number of tetrazole rings is 1. The normalized spacial score (nSPS) is 14.8. The Morgan fingerprint density at radius 3 is 2.80 bits per heavy atom. The number of nitrogens with zero attached hydrogens (tertiary/aromatic N) is 5. The van der Waals surface area contributed by atoms with Gasteiger partial charge in [-0.25, -0.2) is 0 Å². The highest BCUT2D eigenvalue weighted by atomic mass is 16.5. The highest BCUT2D eigenvalue weighted by molar-refractivity contribution is 5.88. The molecule has 11 heteroatoms. The molecule has 0 bridgehead atoms. The highest BCUT2D eigenvalue weighted by Crippen LogP contribution is 2.25. The zero-order valence-corrected chi connectivity index (χ0v) is 20.2. The average molecular weight is 485 g/mol. The zero-order valence-electron chi connectivity index (χ0n) is 20.2. The fourth-order valence-corrected chi connectivity index (χ4v) is 4.28. The van der Waals surface area contributed by atoms with E-state index in [1.807, 2.05) is 13.8 Å². The number of rotatable bonds is 12. The van der Waals surface area contributed by atoms with Crippen molar-refractivity contribution in [2.75, 3.05) is 19.8 Å². The van der Waals surface area contributed by atoms with Gasteiger partial charge in [0.2, 0.25) is 11.7 Å². The number of aryl methyl sites for hydroxylation is 1. The van der Waals surface area contributed by atoms with Crippen LogP contribution < -0.4 is 5.32 Å². The van der Waals surface area contributed by atoms with Gasteiger partial charge in [-0.05, 0) is 62.6 Å². The SMILES string of the molecule is CCOCCCN(C(=O)Cn1nnc(-c2ccc(C)o2)n1)[C@H](C(=O)NC1CCCC1)c1ccco1. The minimum atomic E-state index is -0.907. The van der Waals surface area contributed by atoms with Crippen molar-refractivity contribution >= 4 is 11.8 Å². The number of amides is 2. The number of hydrogen-bond donors (Lipinski definition) is 1. The number of carbonyl (C=O) groups excluding carboxylic acids is 2. The van der Waals surface area contributed by atoms with Crippen LogP contribution in [0.2, 0.25) is 0 Å². The molecule has 0 aliphatic heterocycles. The van der Waals surface area contributed by atoms with Crippen molar-refractivity contribution < 1.29 is 23.2 Å². The molecule has 1 aliphatic rings. The Labute approximate surface area is 203 Å². The summed E-state index contributed by atoms with van der Waals surface area (Å²) >= 11 is 0. The third-order valence-corrected chi connectivity index (χ3v) is 5.98. The van der Waals surface area contributed by atoms with E-state index in [2.05, 4.69) is 20.7 Å². The van der Waals surface area contributed by atoms with Crippen LogP contribution in [0.5, 0.6) is 0 Å². The minimum Gasteiger partial charge on any atom is -0.467 e. The van der Waals surface area contributed by atoms with E-state index < -0.39 is 6.04 Å². The van der Waals surface area contributed by atoms with Gasteiger partial charge in [0.1, 0.15) is 18.1 Å². The Balaban J connectivity index is 1.54. The Hall–Kier alpha value is -3.47. The van der Waals surface area contributed by atoms with Crippen molar-refractivity contribution in [2.24, 2.45) is 0 Å². The quantitative estimate of drug-likeness (QED) is 0.389. The predicted octanol–water partition coefficient (Wildman–Crippen LogP) is 2.89. The number of hydrogen-bond acceptors (Lipinski definition) is 8. The molecular weight excluding hydrogens is 452 g/mol. The van der Waals surface area contributed by atoms with Crippen molar-refractivity contribution in [3.05, 3.63) is 42.0 Å². The molecule has 0 radical (unpaired) electrons. The van der Waals surface area contributed by atoms with E-state index in [1.54, 1.807) is 24.3 Å². The highest BCUT2D eigenvalue weighted by Gasteiger charge is 2.35. The van der Waals surface area contributed by atoms with Crippen LogP contribution in [0, 0.1) is 6.92 Å². The fraction of sp³-hybridized carbons (Fsp3) is 0.542. The van der Waals surface area contributed by atoms with Crippen molar-refractivity contribution in [2.45, 2.75) is 64.6 Å². The standard InChI is InChI=1S/C24H32N6O5/c1-3-33-14-7-13-29(21(31)16-30-27-23(26-28-30)20-12-11-17(2)35-20)22(19-10-6-15-34-19)24(32)25-18-8-4-5-9-18/h6,10-12,15,18,22H,3-5,7-9,13-14,16H2,1-2H3,(H,25,32)/t22-/m0/s1.